The van der Waals surface area contributed by atoms with Crippen LogP contribution in [0, 0.1) is 23.2 Å². The highest BCUT2D eigenvalue weighted by Gasteiger charge is 2.50. The lowest BCUT2D eigenvalue weighted by atomic mass is 9.49. The highest BCUT2D eigenvalue weighted by atomic mass is 35.5. The topological polar surface area (TPSA) is 118 Å². The van der Waals surface area contributed by atoms with Gasteiger partial charge in [-0.05, 0) is 104 Å². The zero-order valence-electron chi connectivity index (χ0n) is 26.1. The molecule has 242 valence electrons. The second-order valence-corrected chi connectivity index (χ2v) is 14.2. The summed E-state index contributed by atoms with van der Waals surface area (Å²) in [6, 6.07) is 16.2. The van der Waals surface area contributed by atoms with Crippen LogP contribution in [0.1, 0.15) is 55.8 Å². The van der Waals surface area contributed by atoms with E-state index in [9.17, 15) is 14.4 Å². The fourth-order valence-corrected chi connectivity index (χ4v) is 8.82. The van der Waals surface area contributed by atoms with Gasteiger partial charge in [-0.3, -0.25) is 14.6 Å². The number of nitrogens with one attached hydrogen (secondary N) is 3. The Balaban J connectivity index is 1.09. The molecule has 8 rings (SSSR count). The number of aromatic nitrogens is 3. The highest BCUT2D eigenvalue weighted by molar-refractivity contribution is 6.39. The summed E-state index contributed by atoms with van der Waals surface area (Å²) < 4.78 is 1.29. The molecule has 0 aliphatic heterocycles. The number of carbonyl (C=O) groups excluding carboxylic acids is 2. The number of pyridine rings is 1. The van der Waals surface area contributed by atoms with Crippen molar-refractivity contribution in [3.8, 4) is 22.4 Å². The molecule has 0 unspecified atom stereocenters. The lowest BCUT2D eigenvalue weighted by molar-refractivity contribution is -0.0503. The van der Waals surface area contributed by atoms with Crippen LogP contribution in [-0.2, 0) is 6.54 Å². The molecule has 9 nitrogen and oxygen atoms in total. The monoisotopic (exact) mass is 670 g/mol. The number of anilines is 2. The molecule has 4 aromatic rings. The fraction of sp³-hybridized carbons (Fsp3) is 0.361. The van der Waals surface area contributed by atoms with Gasteiger partial charge in [-0.25, -0.2) is 9.48 Å². The first-order chi connectivity index (χ1) is 22.7. The minimum absolute atomic E-state index is 0.0405. The molecule has 0 radical (unpaired) electrons. The van der Waals surface area contributed by atoms with Crippen molar-refractivity contribution in [2.45, 2.75) is 52.0 Å². The van der Waals surface area contributed by atoms with Gasteiger partial charge in [0.1, 0.15) is 5.69 Å². The van der Waals surface area contributed by atoms with E-state index in [1.165, 1.54) is 61.7 Å². The number of rotatable bonds is 8. The van der Waals surface area contributed by atoms with Crippen LogP contribution in [0.4, 0.5) is 16.2 Å². The standard InChI is InChI=1S/C36H36Cl2N6O3/c1-2-44-34(46)31(41-35(47)42-32-28(37)18-39-19-29(32)38)14-30(43-44)26-7-3-5-24(12-26)25-6-4-8-27(13-25)33(45)40-20-36-15-21-9-22(16-36)11-23(10-21)17-36/h3-8,12-14,18-19,21-23H,2,9-11,15-17,20H2,1H3,(H,40,45)(H2,39,41,42,47). The Kier molecular flexibility index (Phi) is 8.53. The number of halogens is 2. The van der Waals surface area contributed by atoms with E-state index in [4.69, 9.17) is 23.2 Å². The number of urea groups is 1. The SMILES string of the molecule is CCn1nc(-c2cccc(-c3cccc(C(=O)NCC45CC6CC(CC(C6)C4)C5)c3)c2)cc(NC(=O)Nc2c(Cl)cncc2Cl)c1=O. The average Bonchev–Trinajstić information content (AvgIpc) is 3.06. The molecule has 4 aliphatic carbocycles. The van der Waals surface area contributed by atoms with E-state index in [-0.39, 0.29) is 32.7 Å². The normalized spacial score (nSPS) is 22.6. The molecule has 4 saturated carbocycles. The Morgan fingerprint density at radius 2 is 1.49 bits per heavy atom. The molecule has 4 fully saturated rings. The van der Waals surface area contributed by atoms with Gasteiger partial charge < -0.3 is 16.0 Å². The van der Waals surface area contributed by atoms with E-state index in [2.05, 4.69) is 26.0 Å². The van der Waals surface area contributed by atoms with Crippen molar-refractivity contribution < 1.29 is 9.59 Å². The van der Waals surface area contributed by atoms with Crippen LogP contribution in [0.3, 0.4) is 0 Å². The lowest BCUT2D eigenvalue weighted by Crippen LogP contribution is -2.51. The van der Waals surface area contributed by atoms with Crippen LogP contribution in [0.5, 0.6) is 0 Å². The molecule has 47 heavy (non-hydrogen) atoms. The molecule has 0 atom stereocenters. The molecule has 11 heteroatoms. The third-order valence-electron chi connectivity index (χ3n) is 10.0. The molecule has 0 spiro atoms. The van der Waals surface area contributed by atoms with Crippen molar-refractivity contribution in [1.82, 2.24) is 20.1 Å². The zero-order chi connectivity index (χ0) is 32.7. The summed E-state index contributed by atoms with van der Waals surface area (Å²) in [5, 5.41) is 13.4. The minimum atomic E-state index is -0.691. The summed E-state index contributed by atoms with van der Waals surface area (Å²) in [7, 11) is 0. The van der Waals surface area contributed by atoms with Gasteiger partial charge in [0.15, 0.2) is 0 Å². The summed E-state index contributed by atoms with van der Waals surface area (Å²) in [6.07, 6.45) is 10.6. The maximum Gasteiger partial charge on any atom is 0.323 e. The first kappa shape index (κ1) is 31.4. The first-order valence-electron chi connectivity index (χ1n) is 16.2. The zero-order valence-corrected chi connectivity index (χ0v) is 27.6. The number of hydrogen-bond donors (Lipinski definition) is 3. The molecule has 4 bridgehead atoms. The molecule has 3 N–H and O–H groups in total. The number of aryl methyl sites for hydroxylation is 1. The van der Waals surface area contributed by atoms with Gasteiger partial charge in [0.25, 0.3) is 11.5 Å². The summed E-state index contributed by atoms with van der Waals surface area (Å²) in [5.74, 6) is 2.48. The summed E-state index contributed by atoms with van der Waals surface area (Å²) in [5.41, 5.74) is 3.68. The van der Waals surface area contributed by atoms with Gasteiger partial charge in [0.2, 0.25) is 0 Å². The molecule has 3 amide bonds. The number of hydrogen-bond acceptors (Lipinski definition) is 5. The van der Waals surface area contributed by atoms with Gasteiger partial charge in [-0.2, -0.15) is 5.10 Å². The Labute approximate surface area is 283 Å². The van der Waals surface area contributed by atoms with Gasteiger partial charge in [-0.1, -0.05) is 53.5 Å². The highest BCUT2D eigenvalue weighted by Crippen LogP contribution is 2.59. The third-order valence-corrected chi connectivity index (χ3v) is 10.6. The van der Waals surface area contributed by atoms with Gasteiger partial charge >= 0.3 is 6.03 Å². The quantitative estimate of drug-likeness (QED) is 0.176. The van der Waals surface area contributed by atoms with E-state index < -0.39 is 11.6 Å². The Hall–Kier alpha value is -4.21. The fourth-order valence-electron chi connectivity index (χ4n) is 8.36. The first-order valence-corrected chi connectivity index (χ1v) is 16.9. The largest absolute Gasteiger partial charge is 0.351 e. The van der Waals surface area contributed by atoms with Gasteiger partial charge in [-0.15, -0.1) is 0 Å². The van der Waals surface area contributed by atoms with Crippen molar-refractivity contribution in [1.29, 1.82) is 0 Å². The summed E-state index contributed by atoms with van der Waals surface area (Å²) in [4.78, 5) is 43.2. The maximum absolute atomic E-state index is 13.4. The third kappa shape index (κ3) is 6.51. The van der Waals surface area contributed by atoms with Crippen molar-refractivity contribution in [3.05, 3.63) is 93.0 Å². The van der Waals surface area contributed by atoms with Gasteiger partial charge in [0.05, 0.1) is 21.4 Å². The van der Waals surface area contributed by atoms with Crippen LogP contribution in [-0.4, -0.2) is 33.2 Å². The predicted molar refractivity (Wildman–Crippen MR) is 185 cm³/mol. The number of benzene rings is 2. The Morgan fingerprint density at radius 1 is 0.872 bits per heavy atom. The van der Waals surface area contributed by atoms with E-state index in [1.807, 2.05) is 48.5 Å². The molecule has 0 saturated heterocycles. The Morgan fingerprint density at radius 3 is 2.15 bits per heavy atom. The van der Waals surface area contributed by atoms with Gasteiger partial charge in [0, 0.05) is 36.6 Å². The number of carbonyl (C=O) groups is 2. The van der Waals surface area contributed by atoms with Crippen LogP contribution in [0.25, 0.3) is 22.4 Å². The second kappa shape index (κ2) is 12.8. The molecular formula is C36H36Cl2N6O3. The van der Waals surface area contributed by atoms with E-state index in [1.54, 1.807) is 6.92 Å². The van der Waals surface area contributed by atoms with Crippen molar-refractivity contribution in [3.63, 3.8) is 0 Å². The van der Waals surface area contributed by atoms with Crippen LogP contribution in [0.15, 0.2) is 71.8 Å². The maximum atomic E-state index is 13.4. The summed E-state index contributed by atoms with van der Waals surface area (Å²) in [6.45, 7) is 2.85. The summed E-state index contributed by atoms with van der Waals surface area (Å²) >= 11 is 12.3. The van der Waals surface area contributed by atoms with Crippen LogP contribution < -0.4 is 21.5 Å². The lowest BCUT2D eigenvalue weighted by Gasteiger charge is -2.56. The number of amides is 3. The molecular weight excluding hydrogens is 635 g/mol. The van der Waals surface area contributed by atoms with Crippen molar-refractivity contribution in [2.75, 3.05) is 17.2 Å². The van der Waals surface area contributed by atoms with E-state index >= 15 is 0 Å². The number of nitrogens with zero attached hydrogens (tertiary/aromatic N) is 3. The molecule has 4 aliphatic rings. The van der Waals surface area contributed by atoms with Crippen LogP contribution >= 0.6 is 23.2 Å². The molecule has 2 aromatic carbocycles. The molecule has 2 aromatic heterocycles. The molecule has 2 heterocycles. The van der Waals surface area contributed by atoms with E-state index in [0.717, 1.165) is 41.0 Å². The van der Waals surface area contributed by atoms with Crippen molar-refractivity contribution >= 4 is 46.5 Å². The Bertz CT molecular complexity index is 1870. The van der Waals surface area contributed by atoms with Crippen LogP contribution in [0.2, 0.25) is 10.0 Å². The smallest absolute Gasteiger partial charge is 0.323 e. The van der Waals surface area contributed by atoms with Crippen molar-refractivity contribution in [2.24, 2.45) is 23.2 Å². The second-order valence-electron chi connectivity index (χ2n) is 13.4. The average molecular weight is 672 g/mol. The van der Waals surface area contributed by atoms with E-state index in [0.29, 0.717) is 17.8 Å². The predicted octanol–water partition coefficient (Wildman–Crippen LogP) is 7.89. The minimum Gasteiger partial charge on any atom is -0.351 e.